The number of fused-ring (bicyclic) bond motifs is 1. The standard InChI is InChI=1S/C12H10N4S/c1-9-13-14-12-16(9)15-11(17-12)8-7-10-5-3-2-4-6-10/h2-8H,1H3. The lowest BCUT2D eigenvalue weighted by molar-refractivity contribution is 0.890. The van der Waals surface area contributed by atoms with Gasteiger partial charge >= 0.3 is 0 Å². The molecule has 0 saturated heterocycles. The monoisotopic (exact) mass is 242 g/mol. The van der Waals surface area contributed by atoms with Gasteiger partial charge in [-0.3, -0.25) is 0 Å². The third-order valence-corrected chi connectivity index (χ3v) is 3.24. The van der Waals surface area contributed by atoms with Crippen molar-refractivity contribution in [1.82, 2.24) is 19.8 Å². The van der Waals surface area contributed by atoms with Crippen LogP contribution in [0.15, 0.2) is 30.3 Å². The third kappa shape index (κ3) is 1.97. The molecular weight excluding hydrogens is 232 g/mol. The highest BCUT2D eigenvalue weighted by Crippen LogP contribution is 2.16. The van der Waals surface area contributed by atoms with Gasteiger partial charge in [0.25, 0.3) is 0 Å². The molecule has 0 saturated carbocycles. The molecule has 2 aromatic heterocycles. The van der Waals surface area contributed by atoms with E-state index in [-0.39, 0.29) is 0 Å². The Labute approximate surface area is 102 Å². The van der Waals surface area contributed by atoms with Gasteiger partial charge in [0.15, 0.2) is 5.82 Å². The van der Waals surface area contributed by atoms with E-state index in [1.165, 1.54) is 11.3 Å². The molecule has 1 aromatic carbocycles. The third-order valence-electron chi connectivity index (χ3n) is 2.38. The van der Waals surface area contributed by atoms with Crippen molar-refractivity contribution in [2.24, 2.45) is 0 Å². The Hall–Kier alpha value is -2.01. The van der Waals surface area contributed by atoms with E-state index in [9.17, 15) is 0 Å². The highest BCUT2D eigenvalue weighted by Gasteiger charge is 2.05. The first-order valence-electron chi connectivity index (χ1n) is 5.25. The lowest BCUT2D eigenvalue weighted by Gasteiger charge is -1.89. The second-order valence-electron chi connectivity index (χ2n) is 3.63. The number of rotatable bonds is 2. The molecule has 0 bridgehead atoms. The van der Waals surface area contributed by atoms with Gasteiger partial charge in [0.05, 0.1) is 0 Å². The van der Waals surface area contributed by atoms with Crippen LogP contribution in [0, 0.1) is 6.92 Å². The maximum Gasteiger partial charge on any atom is 0.234 e. The molecule has 5 heteroatoms. The molecule has 0 spiro atoms. The Morgan fingerprint density at radius 3 is 2.71 bits per heavy atom. The van der Waals surface area contributed by atoms with E-state index in [0.717, 1.165) is 21.4 Å². The molecule has 3 aromatic rings. The minimum Gasteiger partial charge on any atom is -0.187 e. The first-order chi connectivity index (χ1) is 8.33. The van der Waals surface area contributed by atoms with E-state index in [0.29, 0.717) is 0 Å². The van der Waals surface area contributed by atoms with Gasteiger partial charge in [0.1, 0.15) is 5.01 Å². The predicted octanol–water partition coefficient (Wildman–Crippen LogP) is 2.66. The van der Waals surface area contributed by atoms with Crippen LogP contribution in [0.5, 0.6) is 0 Å². The van der Waals surface area contributed by atoms with Crippen molar-refractivity contribution in [1.29, 1.82) is 0 Å². The summed E-state index contributed by atoms with van der Waals surface area (Å²) in [7, 11) is 0. The molecule has 0 aliphatic heterocycles. The van der Waals surface area contributed by atoms with Gasteiger partial charge in [0.2, 0.25) is 4.96 Å². The lowest BCUT2D eigenvalue weighted by Crippen LogP contribution is -1.87. The van der Waals surface area contributed by atoms with Crippen LogP contribution in [0.3, 0.4) is 0 Å². The second-order valence-corrected chi connectivity index (χ2v) is 4.61. The van der Waals surface area contributed by atoms with Crippen molar-refractivity contribution in [2.45, 2.75) is 6.92 Å². The largest absolute Gasteiger partial charge is 0.234 e. The van der Waals surface area contributed by atoms with E-state index in [1.807, 2.05) is 37.3 Å². The average Bonchev–Trinajstić information content (AvgIpc) is 2.91. The van der Waals surface area contributed by atoms with Gasteiger partial charge in [-0.25, -0.2) is 0 Å². The molecule has 0 atom stereocenters. The van der Waals surface area contributed by atoms with Gasteiger partial charge in [-0.2, -0.15) is 9.61 Å². The summed E-state index contributed by atoms with van der Waals surface area (Å²) >= 11 is 1.53. The van der Waals surface area contributed by atoms with Crippen LogP contribution in [0.2, 0.25) is 0 Å². The number of aryl methyl sites for hydroxylation is 1. The fourth-order valence-electron chi connectivity index (χ4n) is 1.53. The molecular formula is C12H10N4S. The molecule has 17 heavy (non-hydrogen) atoms. The quantitative estimate of drug-likeness (QED) is 0.694. The first-order valence-corrected chi connectivity index (χ1v) is 6.06. The number of hydrogen-bond donors (Lipinski definition) is 0. The fourth-order valence-corrected chi connectivity index (χ4v) is 2.32. The van der Waals surface area contributed by atoms with Gasteiger partial charge < -0.3 is 0 Å². The van der Waals surface area contributed by atoms with E-state index in [4.69, 9.17) is 0 Å². The van der Waals surface area contributed by atoms with Crippen molar-refractivity contribution >= 4 is 28.4 Å². The number of hydrogen-bond acceptors (Lipinski definition) is 4. The SMILES string of the molecule is Cc1nnc2sc(C=Cc3ccccc3)nn12. The average molecular weight is 242 g/mol. The molecule has 0 aliphatic carbocycles. The number of benzene rings is 1. The first kappa shape index (κ1) is 10.2. The summed E-state index contributed by atoms with van der Waals surface area (Å²) < 4.78 is 1.76. The molecule has 2 heterocycles. The molecule has 0 fully saturated rings. The molecule has 0 radical (unpaired) electrons. The summed E-state index contributed by atoms with van der Waals surface area (Å²) in [5.41, 5.74) is 1.16. The molecule has 0 aliphatic rings. The summed E-state index contributed by atoms with van der Waals surface area (Å²) in [6.45, 7) is 1.89. The normalized spacial score (nSPS) is 11.6. The lowest BCUT2D eigenvalue weighted by atomic mass is 10.2. The summed E-state index contributed by atoms with van der Waals surface area (Å²) in [4.78, 5) is 0.829. The summed E-state index contributed by atoms with van der Waals surface area (Å²) in [6.07, 6.45) is 4.04. The van der Waals surface area contributed by atoms with E-state index >= 15 is 0 Å². The van der Waals surface area contributed by atoms with Crippen molar-refractivity contribution in [2.75, 3.05) is 0 Å². The van der Waals surface area contributed by atoms with Crippen LogP contribution in [0.4, 0.5) is 0 Å². The van der Waals surface area contributed by atoms with Crippen LogP contribution in [0.25, 0.3) is 17.1 Å². The molecule has 3 rings (SSSR count). The zero-order valence-electron chi connectivity index (χ0n) is 9.24. The highest BCUT2D eigenvalue weighted by atomic mass is 32.1. The Balaban J connectivity index is 1.92. The van der Waals surface area contributed by atoms with Crippen molar-refractivity contribution in [3.05, 3.63) is 46.7 Å². The zero-order valence-corrected chi connectivity index (χ0v) is 10.1. The smallest absolute Gasteiger partial charge is 0.187 e. The van der Waals surface area contributed by atoms with Crippen molar-refractivity contribution in [3.8, 4) is 0 Å². The molecule has 0 unspecified atom stereocenters. The topological polar surface area (TPSA) is 43.1 Å². The van der Waals surface area contributed by atoms with E-state index in [1.54, 1.807) is 4.52 Å². The van der Waals surface area contributed by atoms with Crippen LogP contribution in [-0.4, -0.2) is 19.8 Å². The maximum atomic E-state index is 4.41. The Morgan fingerprint density at radius 2 is 1.94 bits per heavy atom. The van der Waals surface area contributed by atoms with E-state index in [2.05, 4.69) is 27.4 Å². The molecule has 0 N–H and O–H groups in total. The molecule has 84 valence electrons. The van der Waals surface area contributed by atoms with Gasteiger partial charge in [0, 0.05) is 0 Å². The summed E-state index contributed by atoms with van der Waals surface area (Å²) in [6, 6.07) is 10.2. The molecule has 0 amide bonds. The Morgan fingerprint density at radius 1 is 1.12 bits per heavy atom. The van der Waals surface area contributed by atoms with Crippen molar-refractivity contribution in [3.63, 3.8) is 0 Å². The Bertz CT molecular complexity index is 666. The summed E-state index contributed by atoms with van der Waals surface area (Å²) in [5.74, 6) is 0.815. The Kier molecular flexibility index (Phi) is 2.45. The van der Waals surface area contributed by atoms with Crippen LogP contribution < -0.4 is 0 Å². The van der Waals surface area contributed by atoms with Gasteiger partial charge in [-0.1, -0.05) is 47.7 Å². The fraction of sp³-hybridized carbons (Fsp3) is 0.0833. The number of nitrogens with zero attached hydrogens (tertiary/aromatic N) is 4. The minimum atomic E-state index is 0.815. The van der Waals surface area contributed by atoms with Gasteiger partial charge in [-0.05, 0) is 18.6 Å². The highest BCUT2D eigenvalue weighted by molar-refractivity contribution is 7.17. The minimum absolute atomic E-state index is 0.815. The number of aromatic nitrogens is 4. The van der Waals surface area contributed by atoms with Crippen LogP contribution in [0.1, 0.15) is 16.4 Å². The van der Waals surface area contributed by atoms with Crippen molar-refractivity contribution < 1.29 is 0 Å². The summed E-state index contributed by atoms with van der Waals surface area (Å²) in [5, 5.41) is 13.3. The maximum absolute atomic E-state index is 4.41. The van der Waals surface area contributed by atoms with E-state index < -0.39 is 0 Å². The second kappa shape index (κ2) is 4.10. The zero-order chi connectivity index (χ0) is 11.7. The van der Waals surface area contributed by atoms with Crippen LogP contribution in [-0.2, 0) is 0 Å². The van der Waals surface area contributed by atoms with Gasteiger partial charge in [-0.15, -0.1) is 10.2 Å². The predicted molar refractivity (Wildman–Crippen MR) is 68.8 cm³/mol. The van der Waals surface area contributed by atoms with Crippen LogP contribution >= 0.6 is 11.3 Å². The molecule has 4 nitrogen and oxygen atoms in total.